The van der Waals surface area contributed by atoms with Gasteiger partial charge >= 0.3 is 5.69 Å². The Labute approximate surface area is 115 Å². The molecular weight excluding hydrogens is 258 g/mol. The van der Waals surface area contributed by atoms with Crippen LogP contribution >= 0.6 is 0 Å². The van der Waals surface area contributed by atoms with Crippen LogP contribution < -0.4 is 5.69 Å². The summed E-state index contributed by atoms with van der Waals surface area (Å²) in [6.07, 6.45) is 0.842. The van der Waals surface area contributed by atoms with Crippen LogP contribution in [0.1, 0.15) is 23.7 Å². The molecule has 106 valence electrons. The third-order valence-corrected chi connectivity index (χ3v) is 3.71. The van der Waals surface area contributed by atoms with Crippen molar-refractivity contribution in [3.63, 3.8) is 0 Å². The number of hydrogen-bond acceptors (Lipinski definition) is 3. The van der Waals surface area contributed by atoms with E-state index in [0.29, 0.717) is 36.4 Å². The van der Waals surface area contributed by atoms with E-state index in [2.05, 4.69) is 9.97 Å². The molecule has 1 saturated heterocycles. The van der Waals surface area contributed by atoms with Crippen molar-refractivity contribution in [3.05, 3.63) is 34.2 Å². The van der Waals surface area contributed by atoms with Gasteiger partial charge in [0.15, 0.2) is 0 Å². The second-order valence-electron chi connectivity index (χ2n) is 5.09. The largest absolute Gasteiger partial charge is 0.380 e. The molecule has 1 amide bonds. The molecule has 2 heterocycles. The first-order chi connectivity index (χ1) is 9.65. The number of aromatic amines is 2. The van der Waals surface area contributed by atoms with Gasteiger partial charge in [-0.3, -0.25) is 4.79 Å². The summed E-state index contributed by atoms with van der Waals surface area (Å²) in [4.78, 5) is 31.0. The summed E-state index contributed by atoms with van der Waals surface area (Å²) in [5.41, 5.74) is 1.68. The van der Waals surface area contributed by atoms with Gasteiger partial charge in [0.25, 0.3) is 5.91 Å². The first-order valence-corrected chi connectivity index (χ1v) is 6.76. The normalized spacial score (nSPS) is 20.1. The molecule has 0 spiro atoms. The van der Waals surface area contributed by atoms with Crippen LogP contribution in [0.2, 0.25) is 0 Å². The molecule has 0 radical (unpaired) electrons. The van der Waals surface area contributed by atoms with Crippen molar-refractivity contribution in [1.29, 1.82) is 0 Å². The number of fused-ring (bicyclic) bond motifs is 1. The maximum Gasteiger partial charge on any atom is 0.323 e. The van der Waals surface area contributed by atoms with Crippen LogP contribution in [-0.4, -0.2) is 46.6 Å². The lowest BCUT2D eigenvalue weighted by atomic mass is 10.1. The van der Waals surface area contributed by atoms with Crippen molar-refractivity contribution in [1.82, 2.24) is 14.9 Å². The summed E-state index contributed by atoms with van der Waals surface area (Å²) in [6, 6.07) is 5.37. The van der Waals surface area contributed by atoms with Crippen LogP contribution in [0.4, 0.5) is 0 Å². The van der Waals surface area contributed by atoms with Gasteiger partial charge in [-0.15, -0.1) is 0 Å². The molecule has 1 atom stereocenters. The Morgan fingerprint density at radius 3 is 2.95 bits per heavy atom. The van der Waals surface area contributed by atoms with Crippen LogP contribution in [0.15, 0.2) is 23.0 Å². The van der Waals surface area contributed by atoms with Crippen molar-refractivity contribution in [2.75, 3.05) is 19.8 Å². The number of hydrogen-bond donors (Lipinski definition) is 2. The minimum Gasteiger partial charge on any atom is -0.380 e. The number of carbonyl (C=O) groups is 1. The highest BCUT2D eigenvalue weighted by Crippen LogP contribution is 2.16. The van der Waals surface area contributed by atoms with Gasteiger partial charge in [-0.2, -0.15) is 0 Å². The van der Waals surface area contributed by atoms with Crippen LogP contribution in [-0.2, 0) is 4.74 Å². The minimum atomic E-state index is -0.263. The Morgan fingerprint density at radius 1 is 1.30 bits per heavy atom. The molecule has 6 heteroatoms. The average molecular weight is 275 g/mol. The van der Waals surface area contributed by atoms with Crippen molar-refractivity contribution < 1.29 is 9.53 Å². The van der Waals surface area contributed by atoms with Crippen LogP contribution in [0.3, 0.4) is 0 Å². The predicted molar refractivity (Wildman–Crippen MR) is 74.9 cm³/mol. The number of rotatable bonds is 1. The standard InChI is InChI=1S/C14H17N3O3/c1-9-4-6-20-7-5-17(9)13(18)10-2-3-11-12(8-10)16-14(19)15-11/h2-3,8-9H,4-7H2,1H3,(H2,15,16,19). The lowest BCUT2D eigenvalue weighted by Crippen LogP contribution is -2.39. The lowest BCUT2D eigenvalue weighted by molar-refractivity contribution is 0.0687. The smallest absolute Gasteiger partial charge is 0.323 e. The fraction of sp³-hybridized carbons (Fsp3) is 0.429. The molecule has 2 aromatic rings. The zero-order chi connectivity index (χ0) is 14.1. The molecule has 20 heavy (non-hydrogen) atoms. The molecule has 1 fully saturated rings. The minimum absolute atomic E-state index is 0.0213. The Hall–Kier alpha value is -2.08. The zero-order valence-electron chi connectivity index (χ0n) is 11.3. The number of imidazole rings is 1. The SMILES string of the molecule is CC1CCOCCN1C(=O)c1ccc2[nH]c(=O)[nH]c2c1. The number of benzene rings is 1. The maximum absolute atomic E-state index is 12.6. The highest BCUT2D eigenvalue weighted by atomic mass is 16.5. The maximum atomic E-state index is 12.6. The number of H-pyrrole nitrogens is 2. The molecule has 0 saturated carbocycles. The number of ether oxygens (including phenoxy) is 1. The Morgan fingerprint density at radius 2 is 2.10 bits per heavy atom. The van der Waals surface area contributed by atoms with E-state index < -0.39 is 0 Å². The number of nitrogens with one attached hydrogen (secondary N) is 2. The van der Waals surface area contributed by atoms with E-state index >= 15 is 0 Å². The second kappa shape index (κ2) is 5.13. The molecule has 1 aromatic carbocycles. The van der Waals surface area contributed by atoms with Gasteiger partial charge in [0.2, 0.25) is 0 Å². The highest BCUT2D eigenvalue weighted by molar-refractivity contribution is 5.97. The molecule has 1 aliphatic heterocycles. The Kier molecular flexibility index (Phi) is 3.31. The van der Waals surface area contributed by atoms with Crippen molar-refractivity contribution in [2.45, 2.75) is 19.4 Å². The monoisotopic (exact) mass is 275 g/mol. The quantitative estimate of drug-likeness (QED) is 0.818. The molecule has 0 bridgehead atoms. The zero-order valence-corrected chi connectivity index (χ0v) is 11.3. The molecule has 0 aliphatic carbocycles. The van der Waals surface area contributed by atoms with E-state index in [4.69, 9.17) is 4.74 Å². The van der Waals surface area contributed by atoms with E-state index in [1.165, 1.54) is 0 Å². The van der Waals surface area contributed by atoms with E-state index in [9.17, 15) is 9.59 Å². The van der Waals surface area contributed by atoms with Gasteiger partial charge in [0, 0.05) is 24.8 Å². The predicted octanol–water partition coefficient (Wildman–Crippen LogP) is 1.11. The average Bonchev–Trinajstić information content (AvgIpc) is 2.66. The summed E-state index contributed by atoms with van der Waals surface area (Å²) in [6.45, 7) is 3.89. The summed E-state index contributed by atoms with van der Waals surface area (Å²) in [7, 11) is 0. The first-order valence-electron chi connectivity index (χ1n) is 6.76. The van der Waals surface area contributed by atoms with E-state index in [0.717, 1.165) is 6.42 Å². The van der Waals surface area contributed by atoms with Gasteiger partial charge in [0.05, 0.1) is 17.6 Å². The number of amides is 1. The fourth-order valence-corrected chi connectivity index (χ4v) is 2.53. The van der Waals surface area contributed by atoms with Gasteiger partial charge < -0.3 is 19.6 Å². The van der Waals surface area contributed by atoms with E-state index in [-0.39, 0.29) is 17.6 Å². The van der Waals surface area contributed by atoms with Crippen LogP contribution in [0.5, 0.6) is 0 Å². The molecule has 1 unspecified atom stereocenters. The van der Waals surface area contributed by atoms with Crippen molar-refractivity contribution >= 4 is 16.9 Å². The van der Waals surface area contributed by atoms with Crippen LogP contribution in [0.25, 0.3) is 11.0 Å². The van der Waals surface area contributed by atoms with Gasteiger partial charge in [0.1, 0.15) is 0 Å². The number of aromatic nitrogens is 2. The molecule has 3 rings (SSSR count). The molecule has 1 aliphatic rings. The molecular formula is C14H17N3O3. The third kappa shape index (κ3) is 2.34. The van der Waals surface area contributed by atoms with Crippen LogP contribution in [0, 0.1) is 0 Å². The second-order valence-corrected chi connectivity index (χ2v) is 5.09. The summed E-state index contributed by atoms with van der Waals surface area (Å²) in [5.74, 6) is -0.0213. The lowest BCUT2D eigenvalue weighted by Gasteiger charge is -2.26. The van der Waals surface area contributed by atoms with Crippen molar-refractivity contribution in [3.8, 4) is 0 Å². The molecule has 1 aromatic heterocycles. The number of carbonyl (C=O) groups excluding carboxylic acids is 1. The molecule has 2 N–H and O–H groups in total. The Bertz CT molecular complexity index is 688. The number of nitrogens with zero attached hydrogens (tertiary/aromatic N) is 1. The van der Waals surface area contributed by atoms with Gasteiger partial charge in [-0.25, -0.2) is 4.79 Å². The highest BCUT2D eigenvalue weighted by Gasteiger charge is 2.23. The van der Waals surface area contributed by atoms with E-state index in [1.54, 1.807) is 18.2 Å². The third-order valence-electron chi connectivity index (χ3n) is 3.71. The van der Waals surface area contributed by atoms with Gasteiger partial charge in [-0.05, 0) is 31.5 Å². The summed E-state index contributed by atoms with van der Waals surface area (Å²) in [5, 5.41) is 0. The summed E-state index contributed by atoms with van der Waals surface area (Å²) >= 11 is 0. The Balaban J connectivity index is 1.92. The van der Waals surface area contributed by atoms with Gasteiger partial charge in [-0.1, -0.05) is 0 Å². The fourth-order valence-electron chi connectivity index (χ4n) is 2.53. The van der Waals surface area contributed by atoms with Crippen molar-refractivity contribution in [2.24, 2.45) is 0 Å². The van der Waals surface area contributed by atoms with E-state index in [1.807, 2.05) is 11.8 Å². The molecule has 6 nitrogen and oxygen atoms in total. The topological polar surface area (TPSA) is 78.2 Å². The first kappa shape index (κ1) is 12.9. The summed E-state index contributed by atoms with van der Waals surface area (Å²) < 4.78 is 5.41.